The van der Waals surface area contributed by atoms with Crippen molar-refractivity contribution in [1.29, 1.82) is 0 Å². The van der Waals surface area contributed by atoms with E-state index in [9.17, 15) is 9.59 Å². The van der Waals surface area contributed by atoms with Crippen molar-refractivity contribution in [2.45, 2.75) is 6.92 Å². The summed E-state index contributed by atoms with van der Waals surface area (Å²) in [7, 11) is 0. The number of fused-ring (bicyclic) bond motifs is 1. The molecule has 1 aliphatic rings. The van der Waals surface area contributed by atoms with Gasteiger partial charge in [-0.3, -0.25) is 9.59 Å². The molecule has 0 saturated heterocycles. The molecule has 2 aromatic carbocycles. The molecule has 0 spiro atoms. The molecular weight excluding hydrogens is 376 g/mol. The van der Waals surface area contributed by atoms with E-state index in [0.29, 0.717) is 22.7 Å². The van der Waals surface area contributed by atoms with E-state index in [1.54, 1.807) is 24.3 Å². The second-order valence-electron chi connectivity index (χ2n) is 5.26. The molecule has 7 heteroatoms. The highest BCUT2D eigenvalue weighted by Gasteiger charge is 2.16. The predicted molar refractivity (Wildman–Crippen MR) is 92.4 cm³/mol. The molecule has 3 rings (SSSR count). The van der Waals surface area contributed by atoms with E-state index in [0.717, 1.165) is 10.0 Å². The number of amides is 2. The molecule has 124 valence electrons. The van der Waals surface area contributed by atoms with Crippen molar-refractivity contribution >= 4 is 33.4 Å². The van der Waals surface area contributed by atoms with Crippen LogP contribution in [0.3, 0.4) is 0 Å². The molecule has 0 radical (unpaired) electrons. The van der Waals surface area contributed by atoms with Crippen molar-refractivity contribution in [3.63, 3.8) is 0 Å². The Morgan fingerprint density at radius 3 is 2.71 bits per heavy atom. The number of anilines is 1. The molecule has 0 atom stereocenters. The van der Waals surface area contributed by atoms with Crippen molar-refractivity contribution in [2.75, 3.05) is 18.7 Å². The SMILES string of the molecule is Cc1ccc(NC(=O)CNC(=O)c2ccc3c(c2)OCO3)cc1Br. The van der Waals surface area contributed by atoms with Crippen LogP contribution in [0.5, 0.6) is 11.5 Å². The van der Waals surface area contributed by atoms with Crippen LogP contribution in [-0.4, -0.2) is 25.2 Å². The van der Waals surface area contributed by atoms with Gasteiger partial charge in [-0.1, -0.05) is 22.0 Å². The number of nitrogens with one attached hydrogen (secondary N) is 2. The summed E-state index contributed by atoms with van der Waals surface area (Å²) in [5, 5.41) is 5.31. The van der Waals surface area contributed by atoms with Gasteiger partial charge in [-0.15, -0.1) is 0 Å². The Balaban J connectivity index is 1.55. The van der Waals surface area contributed by atoms with E-state index < -0.39 is 0 Å². The highest BCUT2D eigenvalue weighted by Crippen LogP contribution is 2.32. The van der Waals surface area contributed by atoms with E-state index in [4.69, 9.17) is 9.47 Å². The lowest BCUT2D eigenvalue weighted by Crippen LogP contribution is -2.32. The zero-order valence-electron chi connectivity index (χ0n) is 12.9. The number of benzene rings is 2. The first-order valence-electron chi connectivity index (χ1n) is 7.27. The lowest BCUT2D eigenvalue weighted by atomic mass is 10.2. The zero-order valence-corrected chi connectivity index (χ0v) is 14.5. The van der Waals surface area contributed by atoms with Crippen LogP contribution in [0.4, 0.5) is 5.69 Å². The standard InChI is InChI=1S/C17H15BrN2O4/c1-10-2-4-12(7-13(10)18)20-16(21)8-19-17(22)11-3-5-14-15(6-11)24-9-23-14/h2-7H,8-9H2,1H3,(H,19,22)(H,20,21). The maximum Gasteiger partial charge on any atom is 0.251 e. The van der Waals surface area contributed by atoms with Crippen LogP contribution >= 0.6 is 15.9 Å². The third-order valence-electron chi connectivity index (χ3n) is 3.50. The predicted octanol–water partition coefficient (Wildman–Crippen LogP) is 2.85. The lowest BCUT2D eigenvalue weighted by Gasteiger charge is -2.08. The molecule has 0 bridgehead atoms. The largest absolute Gasteiger partial charge is 0.454 e. The minimum Gasteiger partial charge on any atom is -0.454 e. The molecule has 6 nitrogen and oxygen atoms in total. The molecule has 1 aliphatic heterocycles. The summed E-state index contributed by atoms with van der Waals surface area (Å²) in [5.74, 6) is 0.472. The number of carbonyl (C=O) groups excluding carboxylic acids is 2. The Kier molecular flexibility index (Phi) is 4.71. The van der Waals surface area contributed by atoms with Gasteiger partial charge >= 0.3 is 0 Å². The van der Waals surface area contributed by atoms with Gasteiger partial charge in [0.15, 0.2) is 11.5 Å². The number of hydrogen-bond donors (Lipinski definition) is 2. The van der Waals surface area contributed by atoms with Crippen LogP contribution in [0.1, 0.15) is 15.9 Å². The van der Waals surface area contributed by atoms with Crippen molar-refractivity contribution in [3.8, 4) is 11.5 Å². The molecule has 0 fully saturated rings. The van der Waals surface area contributed by atoms with Crippen molar-refractivity contribution in [1.82, 2.24) is 5.32 Å². The maximum atomic E-state index is 12.1. The Morgan fingerprint density at radius 1 is 1.12 bits per heavy atom. The van der Waals surface area contributed by atoms with Gasteiger partial charge in [-0.25, -0.2) is 0 Å². The average molecular weight is 391 g/mol. The molecular formula is C17H15BrN2O4. The smallest absolute Gasteiger partial charge is 0.251 e. The summed E-state index contributed by atoms with van der Waals surface area (Å²) >= 11 is 3.41. The Bertz CT molecular complexity index is 807. The number of halogens is 1. The van der Waals surface area contributed by atoms with E-state index in [1.807, 2.05) is 19.1 Å². The molecule has 24 heavy (non-hydrogen) atoms. The quantitative estimate of drug-likeness (QED) is 0.841. The highest BCUT2D eigenvalue weighted by atomic mass is 79.9. The summed E-state index contributed by atoms with van der Waals surface area (Å²) in [6, 6.07) is 10.4. The number of carbonyl (C=O) groups is 2. The van der Waals surface area contributed by atoms with Crippen molar-refractivity contribution in [3.05, 3.63) is 52.0 Å². The van der Waals surface area contributed by atoms with Crippen LogP contribution in [0.2, 0.25) is 0 Å². The monoisotopic (exact) mass is 390 g/mol. The molecule has 0 saturated carbocycles. The first kappa shape index (κ1) is 16.3. The third-order valence-corrected chi connectivity index (χ3v) is 4.35. The van der Waals surface area contributed by atoms with E-state index >= 15 is 0 Å². The van der Waals surface area contributed by atoms with Gasteiger partial charge < -0.3 is 20.1 Å². The molecule has 0 aliphatic carbocycles. The molecule has 1 heterocycles. The number of ether oxygens (including phenoxy) is 2. The normalized spacial score (nSPS) is 11.9. The summed E-state index contributed by atoms with van der Waals surface area (Å²) in [6.07, 6.45) is 0. The van der Waals surface area contributed by atoms with E-state index in [-0.39, 0.29) is 25.2 Å². The van der Waals surface area contributed by atoms with E-state index in [2.05, 4.69) is 26.6 Å². The zero-order chi connectivity index (χ0) is 17.1. The summed E-state index contributed by atoms with van der Waals surface area (Å²) in [6.45, 7) is 1.98. The van der Waals surface area contributed by atoms with Gasteiger partial charge in [0.2, 0.25) is 12.7 Å². The fourth-order valence-electron chi connectivity index (χ4n) is 2.18. The second kappa shape index (κ2) is 6.92. The maximum absolute atomic E-state index is 12.1. The molecule has 2 amide bonds. The van der Waals surface area contributed by atoms with Gasteiger partial charge in [-0.05, 0) is 42.8 Å². The van der Waals surface area contributed by atoms with Gasteiger partial charge in [0.05, 0.1) is 6.54 Å². The number of aryl methyl sites for hydroxylation is 1. The van der Waals surface area contributed by atoms with Crippen molar-refractivity contribution in [2.24, 2.45) is 0 Å². The first-order chi connectivity index (χ1) is 11.5. The topological polar surface area (TPSA) is 76.7 Å². The lowest BCUT2D eigenvalue weighted by molar-refractivity contribution is -0.115. The average Bonchev–Trinajstić information content (AvgIpc) is 3.03. The molecule has 2 N–H and O–H groups in total. The minimum atomic E-state index is -0.353. The third kappa shape index (κ3) is 3.68. The molecule has 2 aromatic rings. The highest BCUT2D eigenvalue weighted by molar-refractivity contribution is 9.10. The Morgan fingerprint density at radius 2 is 1.92 bits per heavy atom. The Hall–Kier alpha value is -2.54. The summed E-state index contributed by atoms with van der Waals surface area (Å²) < 4.78 is 11.3. The van der Waals surface area contributed by atoms with Crippen molar-refractivity contribution < 1.29 is 19.1 Å². The Labute approximate surface area is 147 Å². The van der Waals surface area contributed by atoms with Gasteiger partial charge in [0.1, 0.15) is 0 Å². The summed E-state index contributed by atoms with van der Waals surface area (Å²) in [4.78, 5) is 24.1. The molecule has 0 aromatic heterocycles. The van der Waals surface area contributed by atoms with Crippen LogP contribution in [0.15, 0.2) is 40.9 Å². The van der Waals surface area contributed by atoms with Crippen LogP contribution in [-0.2, 0) is 4.79 Å². The van der Waals surface area contributed by atoms with Crippen LogP contribution < -0.4 is 20.1 Å². The minimum absolute atomic E-state index is 0.126. The van der Waals surface area contributed by atoms with Crippen LogP contribution in [0, 0.1) is 6.92 Å². The fourth-order valence-corrected chi connectivity index (χ4v) is 2.55. The summed E-state index contributed by atoms with van der Waals surface area (Å²) in [5.41, 5.74) is 2.14. The van der Waals surface area contributed by atoms with Gasteiger partial charge in [0.25, 0.3) is 5.91 Å². The number of rotatable bonds is 4. The van der Waals surface area contributed by atoms with Crippen LogP contribution in [0.25, 0.3) is 0 Å². The second-order valence-corrected chi connectivity index (χ2v) is 6.12. The number of hydrogen-bond acceptors (Lipinski definition) is 4. The van der Waals surface area contributed by atoms with Gasteiger partial charge in [-0.2, -0.15) is 0 Å². The fraction of sp³-hybridized carbons (Fsp3) is 0.176. The van der Waals surface area contributed by atoms with E-state index in [1.165, 1.54) is 0 Å². The first-order valence-corrected chi connectivity index (χ1v) is 8.06. The molecule has 0 unspecified atom stereocenters. The van der Waals surface area contributed by atoms with Gasteiger partial charge in [0, 0.05) is 15.7 Å².